The summed E-state index contributed by atoms with van der Waals surface area (Å²) in [6, 6.07) is 77.4. The van der Waals surface area contributed by atoms with Crippen LogP contribution in [-0.4, -0.2) is 13.7 Å². The zero-order valence-electron chi connectivity index (χ0n) is 31.0. The molecule has 0 aliphatic rings. The van der Waals surface area contributed by atoms with Crippen LogP contribution >= 0.6 is 0 Å². The summed E-state index contributed by atoms with van der Waals surface area (Å²) in [5.74, 6) is 0. The van der Waals surface area contributed by atoms with E-state index in [0.29, 0.717) is 0 Å². The molecular weight excluding hydrogens is 691 g/mol. The van der Waals surface area contributed by atoms with Crippen LogP contribution in [0.3, 0.4) is 0 Å². The van der Waals surface area contributed by atoms with E-state index in [1.165, 1.54) is 87.7 Å². The van der Waals surface area contributed by atoms with Crippen LogP contribution in [0.25, 0.3) is 105 Å². The Hall–Kier alpha value is -7.62. The number of para-hydroxylation sites is 5. The number of benzene rings is 9. The maximum absolute atomic E-state index is 2.45. The lowest BCUT2D eigenvalue weighted by atomic mass is 9.98. The molecule has 0 aliphatic heterocycles. The van der Waals surface area contributed by atoms with Gasteiger partial charge >= 0.3 is 0 Å². The summed E-state index contributed by atoms with van der Waals surface area (Å²) in [5.41, 5.74) is 15.5. The number of rotatable bonds is 5. The lowest BCUT2D eigenvalue weighted by Gasteiger charge is -2.13. The van der Waals surface area contributed by atoms with Gasteiger partial charge in [-0.3, -0.25) is 0 Å². The van der Waals surface area contributed by atoms with E-state index in [4.69, 9.17) is 0 Å². The van der Waals surface area contributed by atoms with E-state index in [-0.39, 0.29) is 0 Å². The predicted octanol–water partition coefficient (Wildman–Crippen LogP) is 14.3. The van der Waals surface area contributed by atoms with Crippen LogP contribution in [0.15, 0.2) is 212 Å². The molecule has 12 rings (SSSR count). The molecule has 0 radical (unpaired) electrons. The fraction of sp³-hybridized carbons (Fsp3) is 0. The minimum atomic E-state index is 1.14. The second kappa shape index (κ2) is 12.5. The molecule has 0 spiro atoms. The molecule has 0 unspecified atom stereocenters. The molecule has 0 atom stereocenters. The van der Waals surface area contributed by atoms with Crippen LogP contribution in [0.5, 0.6) is 0 Å². The van der Waals surface area contributed by atoms with Crippen molar-refractivity contribution >= 4 is 65.4 Å². The van der Waals surface area contributed by atoms with Crippen molar-refractivity contribution < 1.29 is 0 Å². The molecule has 3 nitrogen and oxygen atoms in total. The zero-order chi connectivity index (χ0) is 37.5. The average Bonchev–Trinajstić information content (AvgIpc) is 3.93. The van der Waals surface area contributed by atoms with Crippen molar-refractivity contribution in [3.8, 4) is 39.3 Å². The number of hydrogen-bond acceptors (Lipinski definition) is 0. The van der Waals surface area contributed by atoms with Gasteiger partial charge in [0.1, 0.15) is 0 Å². The molecular formula is C54H35N3. The summed E-state index contributed by atoms with van der Waals surface area (Å²) in [4.78, 5) is 0. The van der Waals surface area contributed by atoms with Gasteiger partial charge in [0.05, 0.1) is 33.1 Å². The monoisotopic (exact) mass is 725 g/mol. The predicted molar refractivity (Wildman–Crippen MR) is 240 cm³/mol. The van der Waals surface area contributed by atoms with Gasteiger partial charge in [0.25, 0.3) is 0 Å². The Morgan fingerprint density at radius 3 is 1.21 bits per heavy atom. The first-order valence-corrected chi connectivity index (χ1v) is 19.6. The Bertz CT molecular complexity index is 3470. The Labute approximate surface area is 329 Å². The summed E-state index contributed by atoms with van der Waals surface area (Å²) < 4.78 is 7.28. The first kappa shape index (κ1) is 31.7. The first-order chi connectivity index (χ1) is 28.3. The van der Waals surface area contributed by atoms with Gasteiger partial charge < -0.3 is 13.7 Å². The SMILES string of the molecule is c1ccc(-n2c3ccccc3c3ccc4c(c5ccccc5n4-c4cccc(-c5cccc(-c6cccc(-n7c8ccccc8c8ccccc87)c6)c5)c4)c32)cc1. The molecule has 3 heterocycles. The van der Waals surface area contributed by atoms with Crippen LogP contribution in [0.2, 0.25) is 0 Å². The highest BCUT2D eigenvalue weighted by atomic mass is 15.0. The molecule has 0 bridgehead atoms. The summed E-state index contributed by atoms with van der Waals surface area (Å²) in [5, 5.41) is 7.57. The molecule has 0 amide bonds. The molecule has 0 N–H and O–H groups in total. The van der Waals surface area contributed by atoms with E-state index in [1.54, 1.807) is 0 Å². The van der Waals surface area contributed by atoms with E-state index in [1.807, 2.05) is 0 Å². The highest BCUT2D eigenvalue weighted by Gasteiger charge is 2.21. The molecule has 9 aromatic carbocycles. The quantitative estimate of drug-likeness (QED) is 0.168. The molecule has 266 valence electrons. The highest BCUT2D eigenvalue weighted by molar-refractivity contribution is 6.26. The van der Waals surface area contributed by atoms with E-state index in [0.717, 1.165) is 17.1 Å². The number of nitrogens with zero attached hydrogens (tertiary/aromatic N) is 3. The second-order valence-electron chi connectivity index (χ2n) is 14.9. The van der Waals surface area contributed by atoms with Gasteiger partial charge in [-0.2, -0.15) is 0 Å². The largest absolute Gasteiger partial charge is 0.309 e. The number of hydrogen-bond donors (Lipinski definition) is 0. The van der Waals surface area contributed by atoms with E-state index in [9.17, 15) is 0 Å². The fourth-order valence-corrected chi connectivity index (χ4v) is 9.36. The minimum absolute atomic E-state index is 1.14. The van der Waals surface area contributed by atoms with Crippen molar-refractivity contribution in [3.05, 3.63) is 212 Å². The molecule has 12 aromatic rings. The van der Waals surface area contributed by atoms with Crippen molar-refractivity contribution in [1.29, 1.82) is 0 Å². The lowest BCUT2D eigenvalue weighted by molar-refractivity contribution is 1.17. The third-order valence-electron chi connectivity index (χ3n) is 11.8. The molecule has 0 saturated carbocycles. The van der Waals surface area contributed by atoms with Crippen molar-refractivity contribution in [3.63, 3.8) is 0 Å². The summed E-state index contributed by atoms with van der Waals surface area (Å²) in [7, 11) is 0. The number of fused-ring (bicyclic) bond motifs is 10. The Morgan fingerprint density at radius 1 is 0.228 bits per heavy atom. The second-order valence-corrected chi connectivity index (χ2v) is 14.9. The van der Waals surface area contributed by atoms with E-state index < -0.39 is 0 Å². The maximum atomic E-state index is 2.45. The molecule has 3 aromatic heterocycles. The third kappa shape index (κ3) is 4.79. The molecule has 3 heteroatoms. The van der Waals surface area contributed by atoms with Crippen LogP contribution in [0.4, 0.5) is 0 Å². The molecule has 57 heavy (non-hydrogen) atoms. The van der Waals surface area contributed by atoms with Crippen LogP contribution in [-0.2, 0) is 0 Å². The van der Waals surface area contributed by atoms with Crippen molar-refractivity contribution in [2.24, 2.45) is 0 Å². The van der Waals surface area contributed by atoms with Crippen molar-refractivity contribution in [2.75, 3.05) is 0 Å². The van der Waals surface area contributed by atoms with E-state index >= 15 is 0 Å². The van der Waals surface area contributed by atoms with Gasteiger partial charge in [0.15, 0.2) is 0 Å². The van der Waals surface area contributed by atoms with Crippen LogP contribution < -0.4 is 0 Å². The summed E-state index contributed by atoms with van der Waals surface area (Å²) >= 11 is 0. The Balaban J connectivity index is 1.01. The Kier molecular flexibility index (Phi) is 6.93. The summed E-state index contributed by atoms with van der Waals surface area (Å²) in [6.45, 7) is 0. The van der Waals surface area contributed by atoms with Gasteiger partial charge in [-0.25, -0.2) is 0 Å². The molecule has 0 aliphatic carbocycles. The van der Waals surface area contributed by atoms with Gasteiger partial charge in [0, 0.05) is 49.4 Å². The average molecular weight is 726 g/mol. The van der Waals surface area contributed by atoms with Gasteiger partial charge in [-0.15, -0.1) is 0 Å². The zero-order valence-corrected chi connectivity index (χ0v) is 31.0. The highest BCUT2D eigenvalue weighted by Crippen LogP contribution is 2.42. The number of aromatic nitrogens is 3. The summed E-state index contributed by atoms with van der Waals surface area (Å²) in [6.07, 6.45) is 0. The third-order valence-corrected chi connectivity index (χ3v) is 11.8. The van der Waals surface area contributed by atoms with Crippen molar-refractivity contribution in [1.82, 2.24) is 13.7 Å². The van der Waals surface area contributed by atoms with Crippen molar-refractivity contribution in [2.45, 2.75) is 0 Å². The first-order valence-electron chi connectivity index (χ1n) is 19.6. The minimum Gasteiger partial charge on any atom is -0.309 e. The molecule has 0 fully saturated rings. The van der Waals surface area contributed by atoms with Gasteiger partial charge in [-0.05, 0) is 95.1 Å². The topological polar surface area (TPSA) is 14.8 Å². The Morgan fingerprint density at radius 2 is 0.632 bits per heavy atom. The van der Waals surface area contributed by atoms with Gasteiger partial charge in [0.2, 0.25) is 0 Å². The fourth-order valence-electron chi connectivity index (χ4n) is 9.36. The van der Waals surface area contributed by atoms with E-state index in [2.05, 4.69) is 226 Å². The normalized spacial score (nSPS) is 11.9. The lowest BCUT2D eigenvalue weighted by Crippen LogP contribution is -1.95. The standard InChI is InChI=1S/C54H35N3/c1-2-19-40(20-3-1)57-50-29-10-6-25-45(50)46-31-32-52-53(54(46)57)47-26-7-11-30-51(47)56(52)42-22-14-18-39(35-42)37-16-12-15-36(33-37)38-17-13-21-41(34-38)55-48-27-8-4-23-43(48)44-24-5-9-28-49(44)55/h1-35H. The smallest absolute Gasteiger partial charge is 0.0641 e. The van der Waals surface area contributed by atoms with Crippen LogP contribution in [0.1, 0.15) is 0 Å². The van der Waals surface area contributed by atoms with Gasteiger partial charge in [-0.1, -0.05) is 140 Å². The molecule has 0 saturated heterocycles. The van der Waals surface area contributed by atoms with Crippen LogP contribution in [0, 0.1) is 0 Å². The maximum Gasteiger partial charge on any atom is 0.0641 e.